The van der Waals surface area contributed by atoms with E-state index in [9.17, 15) is 9.90 Å². The molecule has 6 rings (SSSR count). The maximum atomic E-state index is 12.8. The van der Waals surface area contributed by atoms with E-state index in [2.05, 4.69) is 25.8 Å². The fourth-order valence-electron chi connectivity index (χ4n) is 11.1. The largest absolute Gasteiger partial charge is 1.00 e. The third-order valence-corrected chi connectivity index (χ3v) is 13.3. The van der Waals surface area contributed by atoms with Crippen LogP contribution in [0.3, 0.4) is 0 Å². The molecule has 10 atom stereocenters. The molecule has 0 amide bonds. The van der Waals surface area contributed by atoms with Crippen molar-refractivity contribution in [3.63, 3.8) is 0 Å². The number of carbonyl (C=O) groups is 1. The molecule has 0 bridgehead atoms. The Hall–Kier alpha value is -0.210. The summed E-state index contributed by atoms with van der Waals surface area (Å²) in [6.45, 7) is 13.0. The van der Waals surface area contributed by atoms with E-state index in [0.717, 1.165) is 55.5 Å². The van der Waals surface area contributed by atoms with E-state index >= 15 is 0 Å². The molecule has 5 unspecified atom stereocenters. The number of nitrogens with zero attached hydrogens (tertiary/aromatic N) is 2. The maximum absolute atomic E-state index is 12.8. The van der Waals surface area contributed by atoms with Crippen molar-refractivity contribution in [1.29, 1.82) is 0 Å². The molecule has 0 aromatic carbocycles. The van der Waals surface area contributed by atoms with Crippen molar-refractivity contribution < 1.29 is 40.8 Å². The van der Waals surface area contributed by atoms with Crippen LogP contribution in [0.1, 0.15) is 91.4 Å². The summed E-state index contributed by atoms with van der Waals surface area (Å²) in [5.41, 5.74) is 0.389. The summed E-state index contributed by atoms with van der Waals surface area (Å²) in [6.07, 6.45) is 12.6. The maximum Gasteiger partial charge on any atom is 0.306 e. The summed E-state index contributed by atoms with van der Waals surface area (Å²) in [5, 5.41) is 11.3. The molecule has 0 aromatic rings. The highest BCUT2D eigenvalue weighted by Gasteiger charge is 2.67. The number of fused-ring (bicyclic) bond motifs is 5. The second-order valence-corrected chi connectivity index (χ2v) is 15.0. The molecule has 6 nitrogen and oxygen atoms in total. The lowest BCUT2D eigenvalue weighted by molar-refractivity contribution is -0.940. The number of halogens is 1. The monoisotopic (exact) mass is 610 g/mol. The first-order chi connectivity index (χ1) is 18.2. The van der Waals surface area contributed by atoms with Crippen molar-refractivity contribution in [1.82, 2.24) is 4.90 Å². The Bertz CT molecular complexity index is 876. The van der Waals surface area contributed by atoms with Gasteiger partial charge in [0.05, 0.1) is 39.5 Å². The van der Waals surface area contributed by atoms with E-state index in [1.165, 1.54) is 64.5 Å². The molecular formula is C32H55BrN2O4. The number of hydrogen-bond donors (Lipinski definition) is 1. The number of aliphatic hydroxyl groups excluding tert-OH is 1. The van der Waals surface area contributed by atoms with Gasteiger partial charge in [0, 0.05) is 37.4 Å². The van der Waals surface area contributed by atoms with Crippen LogP contribution in [0.15, 0.2) is 0 Å². The van der Waals surface area contributed by atoms with E-state index in [-0.39, 0.29) is 46.6 Å². The van der Waals surface area contributed by atoms with Gasteiger partial charge in [-0.3, -0.25) is 9.69 Å². The first-order valence-electron chi connectivity index (χ1n) is 16.2. The Labute approximate surface area is 247 Å². The first-order valence-corrected chi connectivity index (χ1v) is 16.2. The Morgan fingerprint density at radius 3 is 2.44 bits per heavy atom. The number of esters is 1. The van der Waals surface area contributed by atoms with Crippen molar-refractivity contribution in [3.05, 3.63) is 0 Å². The minimum Gasteiger partial charge on any atom is -1.00 e. The molecule has 2 aliphatic heterocycles. The average Bonchev–Trinajstić information content (AvgIpc) is 3.22. The molecule has 0 aromatic heterocycles. The predicted octanol–water partition coefficient (Wildman–Crippen LogP) is 1.64. The van der Waals surface area contributed by atoms with E-state index in [4.69, 9.17) is 9.47 Å². The second kappa shape index (κ2) is 11.5. The summed E-state index contributed by atoms with van der Waals surface area (Å²) in [6, 6.07) is 0.721. The van der Waals surface area contributed by atoms with Gasteiger partial charge in [-0.1, -0.05) is 20.8 Å². The molecule has 1 N–H and O–H groups in total. The van der Waals surface area contributed by atoms with E-state index < -0.39 is 0 Å². The normalized spacial score (nSPS) is 47.7. The highest BCUT2D eigenvalue weighted by molar-refractivity contribution is 5.69. The van der Waals surface area contributed by atoms with Crippen molar-refractivity contribution in [2.45, 2.75) is 116 Å². The molecule has 0 radical (unpaired) electrons. The zero-order valence-corrected chi connectivity index (χ0v) is 26.7. The van der Waals surface area contributed by atoms with E-state index in [1.54, 1.807) is 0 Å². The lowest BCUT2D eigenvalue weighted by Gasteiger charge is -2.62. The fourth-order valence-corrected chi connectivity index (χ4v) is 11.1. The third kappa shape index (κ3) is 5.06. The third-order valence-electron chi connectivity index (χ3n) is 13.3. The molecule has 4 saturated carbocycles. The van der Waals surface area contributed by atoms with E-state index in [1.807, 2.05) is 6.92 Å². The van der Waals surface area contributed by atoms with Crippen LogP contribution >= 0.6 is 0 Å². The van der Waals surface area contributed by atoms with Crippen LogP contribution in [0, 0.1) is 34.5 Å². The van der Waals surface area contributed by atoms with Gasteiger partial charge >= 0.3 is 5.97 Å². The Morgan fingerprint density at radius 1 is 1.03 bits per heavy atom. The molecular weight excluding hydrogens is 556 g/mol. The molecule has 2 saturated heterocycles. The van der Waals surface area contributed by atoms with Gasteiger partial charge in [0.15, 0.2) is 6.10 Å². The highest BCUT2D eigenvalue weighted by Crippen LogP contribution is 2.67. The molecule has 6 aliphatic rings. The molecule has 4 aliphatic carbocycles. The lowest BCUT2D eigenvalue weighted by atomic mass is 9.44. The van der Waals surface area contributed by atoms with Crippen LogP contribution in [0.2, 0.25) is 0 Å². The standard InChI is InChI=1S/C32H55N2O4.BrH/c1-5-29(36)38-30-27(34(4)15-7-6-8-16-34)20-25-23-10-9-22-19-28(35)26(33-13-17-37-18-14-33)21-32(22,3)24(23)11-12-31(25,30)2;/h22-28,30,35H,5-21H2,1-4H3;1H/q+1;/p-1/t22?,23-,24-,25+,26?,27?,28?,30?,31+,32+;/m1./s1. The Kier molecular flexibility index (Phi) is 8.89. The van der Waals surface area contributed by atoms with Crippen LogP contribution in [-0.4, -0.2) is 91.2 Å². The van der Waals surface area contributed by atoms with Crippen LogP contribution in [0.4, 0.5) is 0 Å². The van der Waals surface area contributed by atoms with Crippen LogP contribution in [0.5, 0.6) is 0 Å². The zero-order valence-electron chi connectivity index (χ0n) is 25.1. The number of hydrogen-bond acceptors (Lipinski definition) is 5. The predicted molar refractivity (Wildman–Crippen MR) is 148 cm³/mol. The average molecular weight is 612 g/mol. The van der Waals surface area contributed by atoms with Crippen molar-refractivity contribution in [2.75, 3.05) is 46.4 Å². The number of carbonyl (C=O) groups excluding carboxylic acids is 1. The van der Waals surface area contributed by atoms with Crippen molar-refractivity contribution >= 4 is 5.97 Å². The summed E-state index contributed by atoms with van der Waals surface area (Å²) < 4.78 is 13.2. The number of morpholine rings is 1. The number of ether oxygens (including phenoxy) is 2. The minimum absolute atomic E-state index is 0. The van der Waals surface area contributed by atoms with Crippen LogP contribution in [-0.2, 0) is 14.3 Å². The van der Waals surface area contributed by atoms with Gasteiger partial charge in [-0.05, 0) is 86.9 Å². The minimum atomic E-state index is -0.200. The number of likely N-dealkylation sites (N-methyl/N-ethyl adjacent to an activating group) is 1. The molecule has 6 fully saturated rings. The number of likely N-dealkylation sites (tertiary alicyclic amines) is 1. The quantitative estimate of drug-likeness (QED) is 0.387. The second-order valence-electron chi connectivity index (χ2n) is 15.0. The van der Waals surface area contributed by atoms with E-state index in [0.29, 0.717) is 29.7 Å². The molecule has 7 heteroatoms. The number of piperidine rings is 1. The molecule has 39 heavy (non-hydrogen) atoms. The van der Waals surface area contributed by atoms with Gasteiger partial charge in [-0.25, -0.2) is 0 Å². The Balaban J connectivity index is 0.00000308. The smallest absolute Gasteiger partial charge is 0.306 e. The number of aliphatic hydroxyl groups is 1. The summed E-state index contributed by atoms with van der Waals surface area (Å²) in [7, 11) is 2.47. The Morgan fingerprint density at radius 2 is 1.74 bits per heavy atom. The fraction of sp³-hybridized carbons (Fsp3) is 0.969. The van der Waals surface area contributed by atoms with Gasteiger partial charge in [-0.2, -0.15) is 0 Å². The number of quaternary nitrogens is 1. The topological polar surface area (TPSA) is 59.0 Å². The van der Waals surface area contributed by atoms with Crippen molar-refractivity contribution in [2.24, 2.45) is 34.5 Å². The first kappa shape index (κ1) is 30.3. The van der Waals surface area contributed by atoms with Gasteiger partial charge < -0.3 is 36.0 Å². The summed E-state index contributed by atoms with van der Waals surface area (Å²) in [4.78, 5) is 15.3. The summed E-state index contributed by atoms with van der Waals surface area (Å²) >= 11 is 0. The highest BCUT2D eigenvalue weighted by atomic mass is 79.9. The lowest BCUT2D eigenvalue weighted by Crippen LogP contribution is -3.00. The van der Waals surface area contributed by atoms with Crippen molar-refractivity contribution in [3.8, 4) is 0 Å². The van der Waals surface area contributed by atoms with Crippen LogP contribution in [0.25, 0.3) is 0 Å². The molecule has 2 heterocycles. The molecule has 0 spiro atoms. The van der Waals surface area contributed by atoms with Gasteiger partial charge in [0.1, 0.15) is 6.04 Å². The van der Waals surface area contributed by atoms with Gasteiger partial charge in [0.25, 0.3) is 0 Å². The SMILES string of the molecule is CCC(=O)OC1C([N+]2(C)CCCCC2)C[C@H]2[C@@H]3CCC4CC(O)C(N5CCOCC5)C[C@]4(C)[C@@H]3CC[C@]12C.[Br-]. The molecule has 224 valence electrons. The van der Waals surface area contributed by atoms with Crippen LogP contribution < -0.4 is 17.0 Å². The van der Waals surface area contributed by atoms with Gasteiger partial charge in [-0.15, -0.1) is 0 Å². The zero-order chi connectivity index (χ0) is 26.7. The number of rotatable bonds is 4. The summed E-state index contributed by atoms with van der Waals surface area (Å²) in [5.74, 6) is 2.73. The van der Waals surface area contributed by atoms with Gasteiger partial charge in [0.2, 0.25) is 0 Å².